The zero-order chi connectivity index (χ0) is 15.1. The Morgan fingerprint density at radius 2 is 1.70 bits per heavy atom. The van der Waals surface area contributed by atoms with Gasteiger partial charge >= 0.3 is 11.9 Å². The SMILES string of the molecule is CC1(C)OC(=O)C(=Cc2cc(F)c(Cl)c(Cl)c2)C(=O)O1. The van der Waals surface area contributed by atoms with Crippen LogP contribution in [0.4, 0.5) is 4.39 Å². The lowest BCUT2D eigenvalue weighted by Gasteiger charge is -2.29. The van der Waals surface area contributed by atoms with Gasteiger partial charge in [0.25, 0.3) is 5.79 Å². The number of carbonyl (C=O) groups excluding carboxylic acids is 2. The molecule has 1 aromatic rings. The van der Waals surface area contributed by atoms with Crippen LogP contribution >= 0.6 is 23.2 Å². The summed E-state index contributed by atoms with van der Waals surface area (Å²) in [4.78, 5) is 23.4. The Kier molecular flexibility index (Phi) is 3.75. The molecule has 0 radical (unpaired) electrons. The molecular weight excluding hydrogens is 310 g/mol. The smallest absolute Gasteiger partial charge is 0.348 e. The molecule has 0 aromatic heterocycles. The van der Waals surface area contributed by atoms with Crippen LogP contribution in [0.2, 0.25) is 10.0 Å². The van der Waals surface area contributed by atoms with Crippen molar-refractivity contribution in [2.45, 2.75) is 19.6 Å². The third-order valence-electron chi connectivity index (χ3n) is 2.43. The molecule has 1 aliphatic rings. The number of halogens is 3. The summed E-state index contributed by atoms with van der Waals surface area (Å²) in [6, 6.07) is 2.36. The number of carbonyl (C=O) groups is 2. The van der Waals surface area contributed by atoms with Crippen molar-refractivity contribution in [2.24, 2.45) is 0 Å². The van der Waals surface area contributed by atoms with Crippen LogP contribution in [0.5, 0.6) is 0 Å². The second-order valence-corrected chi connectivity index (χ2v) is 5.32. The summed E-state index contributed by atoms with van der Waals surface area (Å²) >= 11 is 11.3. The first-order chi connectivity index (χ1) is 9.19. The highest BCUT2D eigenvalue weighted by molar-refractivity contribution is 6.42. The zero-order valence-corrected chi connectivity index (χ0v) is 12.0. The monoisotopic (exact) mass is 318 g/mol. The van der Waals surface area contributed by atoms with Crippen LogP contribution in [-0.2, 0) is 19.1 Å². The number of esters is 2. The minimum atomic E-state index is -1.33. The predicted octanol–water partition coefficient (Wildman–Crippen LogP) is 3.35. The van der Waals surface area contributed by atoms with Crippen molar-refractivity contribution in [1.29, 1.82) is 0 Å². The summed E-state index contributed by atoms with van der Waals surface area (Å²) in [6.45, 7) is 2.86. The number of hydrogen-bond donors (Lipinski definition) is 0. The van der Waals surface area contributed by atoms with Crippen LogP contribution in [0.3, 0.4) is 0 Å². The summed E-state index contributed by atoms with van der Waals surface area (Å²) in [5.41, 5.74) is -0.150. The van der Waals surface area contributed by atoms with E-state index in [0.29, 0.717) is 0 Å². The Balaban J connectivity index is 2.41. The Morgan fingerprint density at radius 1 is 1.15 bits per heavy atom. The highest BCUT2D eigenvalue weighted by Gasteiger charge is 2.38. The molecule has 1 heterocycles. The molecule has 1 fully saturated rings. The van der Waals surface area contributed by atoms with Crippen LogP contribution in [0.15, 0.2) is 17.7 Å². The molecule has 20 heavy (non-hydrogen) atoms. The molecule has 0 saturated carbocycles. The van der Waals surface area contributed by atoms with E-state index in [2.05, 4.69) is 0 Å². The molecule has 0 N–H and O–H groups in total. The van der Waals surface area contributed by atoms with Crippen molar-refractivity contribution in [3.63, 3.8) is 0 Å². The minimum Gasteiger partial charge on any atom is -0.419 e. The Labute approximate surface area is 124 Å². The first-order valence-electron chi connectivity index (χ1n) is 5.52. The Hall–Kier alpha value is -1.59. The number of ether oxygens (including phenoxy) is 2. The zero-order valence-electron chi connectivity index (χ0n) is 10.5. The van der Waals surface area contributed by atoms with Crippen LogP contribution in [-0.4, -0.2) is 17.7 Å². The number of benzene rings is 1. The van der Waals surface area contributed by atoms with E-state index < -0.39 is 23.5 Å². The first kappa shape index (κ1) is 14.8. The van der Waals surface area contributed by atoms with Crippen molar-refractivity contribution in [3.05, 3.63) is 39.1 Å². The van der Waals surface area contributed by atoms with Gasteiger partial charge in [-0.05, 0) is 23.8 Å². The van der Waals surface area contributed by atoms with Gasteiger partial charge in [-0.3, -0.25) is 0 Å². The van der Waals surface area contributed by atoms with Gasteiger partial charge in [0.2, 0.25) is 0 Å². The summed E-state index contributed by atoms with van der Waals surface area (Å²) in [7, 11) is 0. The Morgan fingerprint density at radius 3 is 2.20 bits per heavy atom. The van der Waals surface area contributed by atoms with Crippen molar-refractivity contribution in [3.8, 4) is 0 Å². The van der Waals surface area contributed by atoms with E-state index in [1.165, 1.54) is 19.9 Å². The van der Waals surface area contributed by atoms with E-state index in [-0.39, 0.29) is 21.2 Å². The molecule has 0 aliphatic carbocycles. The van der Waals surface area contributed by atoms with E-state index in [9.17, 15) is 14.0 Å². The van der Waals surface area contributed by atoms with Crippen molar-refractivity contribution in [1.82, 2.24) is 0 Å². The summed E-state index contributed by atoms with van der Waals surface area (Å²) in [5, 5.41) is -0.264. The standard InChI is InChI=1S/C13H9Cl2FO4/c1-13(2)19-11(17)7(12(18)20-13)3-6-4-8(14)10(15)9(16)5-6/h3-5H,1-2H3. The lowest BCUT2D eigenvalue weighted by molar-refractivity contribution is -0.222. The molecule has 4 nitrogen and oxygen atoms in total. The predicted molar refractivity (Wildman–Crippen MR) is 70.7 cm³/mol. The molecule has 0 spiro atoms. The number of hydrogen-bond acceptors (Lipinski definition) is 4. The highest BCUT2D eigenvalue weighted by atomic mass is 35.5. The molecule has 106 valence electrons. The maximum Gasteiger partial charge on any atom is 0.348 e. The van der Waals surface area contributed by atoms with E-state index >= 15 is 0 Å². The third-order valence-corrected chi connectivity index (χ3v) is 3.21. The second kappa shape index (κ2) is 5.07. The van der Waals surface area contributed by atoms with Crippen LogP contribution < -0.4 is 0 Å². The maximum absolute atomic E-state index is 13.4. The number of cyclic esters (lactones) is 2. The lowest BCUT2D eigenvalue weighted by atomic mass is 10.1. The summed E-state index contributed by atoms with van der Waals surface area (Å²) in [6.07, 6.45) is 1.13. The van der Waals surface area contributed by atoms with E-state index in [4.69, 9.17) is 32.7 Å². The fraction of sp³-hybridized carbons (Fsp3) is 0.231. The topological polar surface area (TPSA) is 52.6 Å². The normalized spacial score (nSPS) is 17.6. The van der Waals surface area contributed by atoms with Crippen molar-refractivity contribution < 1.29 is 23.5 Å². The molecule has 0 atom stereocenters. The van der Waals surface area contributed by atoms with Gasteiger partial charge in [-0.1, -0.05) is 23.2 Å². The van der Waals surface area contributed by atoms with Gasteiger partial charge < -0.3 is 9.47 Å². The average molecular weight is 319 g/mol. The van der Waals surface area contributed by atoms with Gasteiger partial charge in [0.15, 0.2) is 0 Å². The van der Waals surface area contributed by atoms with Gasteiger partial charge in [-0.2, -0.15) is 0 Å². The van der Waals surface area contributed by atoms with Crippen LogP contribution in [0.25, 0.3) is 6.08 Å². The molecule has 7 heteroatoms. The molecule has 0 unspecified atom stereocenters. The quantitative estimate of drug-likeness (QED) is 0.345. The molecule has 1 aliphatic heterocycles. The fourth-order valence-corrected chi connectivity index (χ4v) is 1.93. The van der Waals surface area contributed by atoms with Gasteiger partial charge in [0, 0.05) is 13.8 Å². The maximum atomic E-state index is 13.4. The van der Waals surface area contributed by atoms with Crippen molar-refractivity contribution in [2.75, 3.05) is 0 Å². The lowest BCUT2D eigenvalue weighted by Crippen LogP contribution is -2.41. The molecule has 1 saturated heterocycles. The largest absolute Gasteiger partial charge is 0.419 e. The highest BCUT2D eigenvalue weighted by Crippen LogP contribution is 2.29. The first-order valence-corrected chi connectivity index (χ1v) is 6.28. The number of rotatable bonds is 1. The molecule has 1 aromatic carbocycles. The summed E-state index contributed by atoms with van der Waals surface area (Å²) in [5.74, 6) is -3.78. The average Bonchev–Trinajstić information content (AvgIpc) is 2.29. The molecule has 0 amide bonds. The van der Waals surface area contributed by atoms with E-state index in [1.807, 2.05) is 0 Å². The second-order valence-electron chi connectivity index (χ2n) is 4.54. The summed E-state index contributed by atoms with van der Waals surface area (Å²) < 4.78 is 23.3. The Bertz CT molecular complexity index is 592. The fourth-order valence-electron chi connectivity index (χ4n) is 1.60. The molecule has 0 bridgehead atoms. The van der Waals surface area contributed by atoms with Gasteiger partial charge in [0.05, 0.1) is 10.0 Å². The van der Waals surface area contributed by atoms with Gasteiger partial charge in [-0.25, -0.2) is 14.0 Å². The van der Waals surface area contributed by atoms with E-state index in [1.54, 1.807) is 0 Å². The minimum absolute atomic E-state index is 0.0311. The van der Waals surface area contributed by atoms with E-state index in [0.717, 1.165) is 12.1 Å². The molecule has 2 rings (SSSR count). The van der Waals surface area contributed by atoms with Gasteiger partial charge in [-0.15, -0.1) is 0 Å². The third kappa shape index (κ3) is 2.94. The van der Waals surface area contributed by atoms with Crippen LogP contribution in [0, 0.1) is 5.82 Å². The van der Waals surface area contributed by atoms with Gasteiger partial charge in [0.1, 0.15) is 11.4 Å². The molecular formula is C13H9Cl2FO4. The van der Waals surface area contributed by atoms with Crippen molar-refractivity contribution >= 4 is 41.2 Å². The van der Waals surface area contributed by atoms with Crippen LogP contribution in [0.1, 0.15) is 19.4 Å².